The number of carbonyl (C=O) groups is 1. The molecule has 0 aliphatic carbocycles. The fourth-order valence-electron chi connectivity index (χ4n) is 1.82. The van der Waals surface area contributed by atoms with Crippen LogP contribution in [0.1, 0.15) is 47.0 Å². The summed E-state index contributed by atoms with van der Waals surface area (Å²) in [4.78, 5) is 11.5. The van der Waals surface area contributed by atoms with Gasteiger partial charge in [-0.2, -0.15) is 0 Å². The number of rotatable bonds is 9. The first-order valence-electron chi connectivity index (χ1n) is 7.32. The third kappa shape index (κ3) is 11.0. The Hall–Kier alpha value is -0.850. The molecule has 0 rings (SSSR count). The Bertz CT molecular complexity index is 267. The van der Waals surface area contributed by atoms with Crippen LogP contribution < -0.4 is 16.4 Å². The van der Waals surface area contributed by atoms with Gasteiger partial charge in [0, 0.05) is 31.8 Å². The number of aliphatic hydroxyl groups is 1. The summed E-state index contributed by atoms with van der Waals surface area (Å²) in [6, 6.07) is 0.454. The normalized spacial score (nSPS) is 14.7. The third-order valence-corrected chi connectivity index (χ3v) is 2.76. The fraction of sp³-hybridized carbons (Fsp3) is 0.929. The number of amides is 1. The molecule has 0 bridgehead atoms. The van der Waals surface area contributed by atoms with Crippen LogP contribution in [0.4, 0.5) is 4.79 Å². The predicted molar refractivity (Wildman–Crippen MR) is 80.6 cm³/mol. The fourth-order valence-corrected chi connectivity index (χ4v) is 1.82. The topological polar surface area (TPSA) is 96.6 Å². The molecule has 0 fully saturated rings. The van der Waals surface area contributed by atoms with Crippen molar-refractivity contribution in [1.82, 2.24) is 10.6 Å². The van der Waals surface area contributed by atoms with Gasteiger partial charge >= 0.3 is 6.09 Å². The van der Waals surface area contributed by atoms with E-state index >= 15 is 0 Å². The number of nitrogens with two attached hydrogens (primary N) is 1. The predicted octanol–water partition coefficient (Wildman–Crippen LogP) is 0.979. The van der Waals surface area contributed by atoms with Crippen molar-refractivity contribution in [3.63, 3.8) is 0 Å². The average molecular weight is 289 g/mol. The Morgan fingerprint density at radius 3 is 2.50 bits per heavy atom. The number of carbonyl (C=O) groups excluding carboxylic acids is 1. The largest absolute Gasteiger partial charge is 0.444 e. The third-order valence-electron chi connectivity index (χ3n) is 2.76. The van der Waals surface area contributed by atoms with Crippen molar-refractivity contribution >= 4 is 6.09 Å². The van der Waals surface area contributed by atoms with E-state index in [9.17, 15) is 4.79 Å². The van der Waals surface area contributed by atoms with Gasteiger partial charge in [0.25, 0.3) is 0 Å². The summed E-state index contributed by atoms with van der Waals surface area (Å²) in [5.74, 6) is 0. The van der Waals surface area contributed by atoms with Crippen LogP contribution in [0.2, 0.25) is 0 Å². The van der Waals surface area contributed by atoms with Gasteiger partial charge in [-0.25, -0.2) is 4.79 Å². The summed E-state index contributed by atoms with van der Waals surface area (Å²) < 4.78 is 5.16. The molecule has 0 aliphatic rings. The second-order valence-electron chi connectivity index (χ2n) is 6.08. The maximum Gasteiger partial charge on any atom is 0.407 e. The van der Waals surface area contributed by atoms with Crippen LogP contribution in [-0.4, -0.2) is 48.6 Å². The van der Waals surface area contributed by atoms with Crippen molar-refractivity contribution in [2.75, 3.05) is 19.7 Å². The van der Waals surface area contributed by atoms with Crippen LogP contribution in [0.25, 0.3) is 0 Å². The van der Waals surface area contributed by atoms with E-state index in [1.54, 1.807) is 0 Å². The molecule has 0 spiro atoms. The number of alkyl carbamates (subject to hydrolysis) is 1. The number of nitrogens with one attached hydrogen (secondary N) is 2. The molecular formula is C14H31N3O3. The highest BCUT2D eigenvalue weighted by molar-refractivity contribution is 5.67. The molecule has 5 N–H and O–H groups in total. The molecule has 2 unspecified atom stereocenters. The Balaban J connectivity index is 3.87. The van der Waals surface area contributed by atoms with E-state index in [-0.39, 0.29) is 12.6 Å². The lowest BCUT2D eigenvalue weighted by atomic mass is 10.1. The van der Waals surface area contributed by atoms with Crippen molar-refractivity contribution in [2.45, 2.75) is 64.6 Å². The Kier molecular flexibility index (Phi) is 9.54. The molecule has 0 aromatic heterocycles. The first-order valence-corrected chi connectivity index (χ1v) is 7.32. The molecule has 0 heterocycles. The van der Waals surface area contributed by atoms with E-state index in [4.69, 9.17) is 15.6 Å². The molecule has 0 saturated heterocycles. The van der Waals surface area contributed by atoms with Crippen molar-refractivity contribution in [3.05, 3.63) is 0 Å². The van der Waals surface area contributed by atoms with E-state index in [0.29, 0.717) is 19.1 Å². The van der Waals surface area contributed by atoms with Gasteiger partial charge in [0.05, 0.1) is 0 Å². The lowest BCUT2D eigenvalue weighted by molar-refractivity contribution is 0.0526. The average Bonchev–Trinajstić information content (AvgIpc) is 2.32. The second kappa shape index (κ2) is 9.96. The zero-order chi connectivity index (χ0) is 15.6. The lowest BCUT2D eigenvalue weighted by Gasteiger charge is -2.23. The Labute approximate surface area is 122 Å². The van der Waals surface area contributed by atoms with E-state index in [0.717, 1.165) is 19.3 Å². The van der Waals surface area contributed by atoms with Gasteiger partial charge in [0.1, 0.15) is 5.60 Å². The summed E-state index contributed by atoms with van der Waals surface area (Å²) in [5.41, 5.74) is 5.23. The highest BCUT2D eigenvalue weighted by Crippen LogP contribution is 2.06. The molecular weight excluding hydrogens is 258 g/mol. The number of hydrogen-bond acceptors (Lipinski definition) is 5. The van der Waals surface area contributed by atoms with Crippen LogP contribution in [-0.2, 0) is 4.74 Å². The highest BCUT2D eigenvalue weighted by Gasteiger charge is 2.16. The Morgan fingerprint density at radius 2 is 2.00 bits per heavy atom. The summed E-state index contributed by atoms with van der Waals surface area (Å²) in [7, 11) is 0. The van der Waals surface area contributed by atoms with Gasteiger partial charge in [-0.3, -0.25) is 0 Å². The van der Waals surface area contributed by atoms with Gasteiger partial charge in [-0.05, 0) is 47.0 Å². The highest BCUT2D eigenvalue weighted by atomic mass is 16.6. The van der Waals surface area contributed by atoms with E-state index in [2.05, 4.69) is 17.6 Å². The van der Waals surface area contributed by atoms with Crippen LogP contribution in [0.3, 0.4) is 0 Å². The molecule has 120 valence electrons. The van der Waals surface area contributed by atoms with E-state index in [1.165, 1.54) is 0 Å². The minimum absolute atomic E-state index is 0.152. The monoisotopic (exact) mass is 289 g/mol. The van der Waals surface area contributed by atoms with Gasteiger partial charge < -0.3 is 26.2 Å². The molecule has 6 heteroatoms. The zero-order valence-electron chi connectivity index (χ0n) is 13.2. The first-order chi connectivity index (χ1) is 9.28. The van der Waals surface area contributed by atoms with Crippen LogP contribution in [0.15, 0.2) is 0 Å². The quantitative estimate of drug-likeness (QED) is 0.507. The number of aliphatic hydroxyl groups excluding tert-OH is 1. The van der Waals surface area contributed by atoms with Crippen LogP contribution >= 0.6 is 0 Å². The van der Waals surface area contributed by atoms with Gasteiger partial charge in [0.2, 0.25) is 0 Å². The van der Waals surface area contributed by atoms with Crippen LogP contribution in [0.5, 0.6) is 0 Å². The summed E-state index contributed by atoms with van der Waals surface area (Å²) in [6.07, 6.45) is 2.04. The van der Waals surface area contributed by atoms with Crippen molar-refractivity contribution in [2.24, 2.45) is 5.73 Å². The molecule has 1 amide bonds. The van der Waals surface area contributed by atoms with Crippen molar-refractivity contribution < 1.29 is 14.6 Å². The summed E-state index contributed by atoms with van der Waals surface area (Å²) >= 11 is 0. The standard InChI is InChI=1S/C14H31N3O3/c1-11(6-5-9-18)17-12(10-15)7-8-16-13(19)20-14(2,3)4/h11-12,17-18H,5-10,15H2,1-4H3,(H,16,19). The summed E-state index contributed by atoms with van der Waals surface area (Å²) in [6.45, 7) is 8.81. The maximum atomic E-state index is 11.5. The molecule has 20 heavy (non-hydrogen) atoms. The minimum atomic E-state index is -0.478. The van der Waals surface area contributed by atoms with E-state index < -0.39 is 11.7 Å². The molecule has 2 atom stereocenters. The molecule has 0 aliphatic heterocycles. The SMILES string of the molecule is CC(CCCO)NC(CN)CCNC(=O)OC(C)(C)C. The molecule has 0 radical (unpaired) electrons. The van der Waals surface area contributed by atoms with Crippen LogP contribution in [0, 0.1) is 0 Å². The second-order valence-corrected chi connectivity index (χ2v) is 6.08. The lowest BCUT2D eigenvalue weighted by Crippen LogP contribution is -2.44. The molecule has 0 saturated carbocycles. The number of ether oxygens (including phenoxy) is 1. The molecule has 0 aromatic rings. The summed E-state index contributed by atoms with van der Waals surface area (Å²) in [5, 5.41) is 14.9. The molecule has 6 nitrogen and oxygen atoms in total. The Morgan fingerprint density at radius 1 is 1.35 bits per heavy atom. The smallest absolute Gasteiger partial charge is 0.407 e. The zero-order valence-corrected chi connectivity index (χ0v) is 13.2. The molecule has 0 aromatic carbocycles. The van der Waals surface area contributed by atoms with Crippen molar-refractivity contribution in [1.29, 1.82) is 0 Å². The van der Waals surface area contributed by atoms with E-state index in [1.807, 2.05) is 20.8 Å². The van der Waals surface area contributed by atoms with Gasteiger partial charge in [0.15, 0.2) is 0 Å². The van der Waals surface area contributed by atoms with Gasteiger partial charge in [-0.1, -0.05) is 0 Å². The van der Waals surface area contributed by atoms with Crippen molar-refractivity contribution in [3.8, 4) is 0 Å². The minimum Gasteiger partial charge on any atom is -0.444 e. The first kappa shape index (κ1) is 19.1. The maximum absolute atomic E-state index is 11.5. The number of hydrogen-bond donors (Lipinski definition) is 4. The van der Waals surface area contributed by atoms with Gasteiger partial charge in [-0.15, -0.1) is 0 Å².